The Kier molecular flexibility index (Phi) is 4.34. The Morgan fingerprint density at radius 1 is 1.41 bits per heavy atom. The van der Waals surface area contributed by atoms with Gasteiger partial charge in [0.1, 0.15) is 5.69 Å². The zero-order chi connectivity index (χ0) is 12.1. The van der Waals surface area contributed by atoms with Crippen molar-refractivity contribution in [3.8, 4) is 0 Å². The van der Waals surface area contributed by atoms with E-state index in [0.29, 0.717) is 10.7 Å². The number of carbonyl (C=O) groups excluding carboxylic acids is 1. The molecule has 2 heterocycles. The molecule has 1 atom stereocenters. The van der Waals surface area contributed by atoms with Crippen molar-refractivity contribution in [2.24, 2.45) is 0 Å². The second kappa shape index (κ2) is 5.98. The van der Waals surface area contributed by atoms with Crippen LogP contribution in [0.25, 0.3) is 0 Å². The summed E-state index contributed by atoms with van der Waals surface area (Å²) >= 11 is 5.73. The van der Waals surface area contributed by atoms with Crippen LogP contribution in [0.4, 0.5) is 0 Å². The zero-order valence-electron chi connectivity index (χ0n) is 9.58. The van der Waals surface area contributed by atoms with E-state index in [1.54, 1.807) is 12.1 Å². The van der Waals surface area contributed by atoms with Crippen LogP contribution in [-0.2, 0) is 0 Å². The molecule has 0 aliphatic carbocycles. The van der Waals surface area contributed by atoms with Crippen LogP contribution in [0.2, 0.25) is 5.02 Å². The van der Waals surface area contributed by atoms with Crippen molar-refractivity contribution >= 4 is 17.5 Å². The van der Waals surface area contributed by atoms with Gasteiger partial charge in [0, 0.05) is 12.2 Å². The van der Waals surface area contributed by atoms with Crippen LogP contribution >= 0.6 is 11.6 Å². The first kappa shape index (κ1) is 12.3. The van der Waals surface area contributed by atoms with Crippen LogP contribution in [-0.4, -0.2) is 30.0 Å². The average Bonchev–Trinajstić information content (AvgIpc) is 2.58. The summed E-state index contributed by atoms with van der Waals surface area (Å²) in [6.07, 6.45) is 4.58. The Labute approximate surface area is 106 Å². The van der Waals surface area contributed by atoms with Crippen molar-refractivity contribution in [3.05, 3.63) is 29.0 Å². The molecule has 1 aromatic rings. The molecule has 2 rings (SSSR count). The van der Waals surface area contributed by atoms with Gasteiger partial charge in [-0.1, -0.05) is 11.6 Å². The van der Waals surface area contributed by atoms with Gasteiger partial charge >= 0.3 is 0 Å². The fourth-order valence-electron chi connectivity index (χ4n) is 1.93. The van der Waals surface area contributed by atoms with Crippen LogP contribution in [0.1, 0.15) is 29.8 Å². The lowest BCUT2D eigenvalue weighted by Crippen LogP contribution is -2.35. The van der Waals surface area contributed by atoms with E-state index >= 15 is 0 Å². The number of pyridine rings is 1. The number of aromatic nitrogens is 1. The second-order valence-corrected chi connectivity index (χ2v) is 4.65. The molecule has 0 bridgehead atoms. The lowest BCUT2D eigenvalue weighted by molar-refractivity contribution is 0.0929. The summed E-state index contributed by atoms with van der Waals surface area (Å²) in [5, 5.41) is 6.87. The van der Waals surface area contributed by atoms with Gasteiger partial charge in [0.2, 0.25) is 0 Å². The van der Waals surface area contributed by atoms with E-state index in [2.05, 4.69) is 15.6 Å². The topological polar surface area (TPSA) is 54.0 Å². The highest BCUT2D eigenvalue weighted by Crippen LogP contribution is 2.08. The third-order valence-electron chi connectivity index (χ3n) is 2.87. The third kappa shape index (κ3) is 3.68. The summed E-state index contributed by atoms with van der Waals surface area (Å²) in [5.41, 5.74) is 0.423. The largest absolute Gasteiger partial charge is 0.348 e. The quantitative estimate of drug-likeness (QED) is 0.842. The summed E-state index contributed by atoms with van der Waals surface area (Å²) in [7, 11) is 0. The molecule has 4 nitrogen and oxygen atoms in total. The fraction of sp³-hybridized carbons (Fsp3) is 0.500. The molecule has 1 fully saturated rings. The van der Waals surface area contributed by atoms with E-state index in [9.17, 15) is 4.79 Å². The Morgan fingerprint density at radius 3 is 3.06 bits per heavy atom. The Bertz CT molecular complexity index is 372. The first-order chi connectivity index (χ1) is 8.25. The highest BCUT2D eigenvalue weighted by Gasteiger charge is 2.15. The second-order valence-electron chi connectivity index (χ2n) is 4.21. The van der Waals surface area contributed by atoms with E-state index < -0.39 is 0 Å². The van der Waals surface area contributed by atoms with Crippen molar-refractivity contribution in [3.63, 3.8) is 0 Å². The number of rotatable bonds is 2. The van der Waals surface area contributed by atoms with Crippen LogP contribution < -0.4 is 10.6 Å². The van der Waals surface area contributed by atoms with E-state index in [1.165, 1.54) is 6.20 Å². The fourth-order valence-corrected chi connectivity index (χ4v) is 2.04. The van der Waals surface area contributed by atoms with Crippen molar-refractivity contribution < 1.29 is 4.79 Å². The van der Waals surface area contributed by atoms with Gasteiger partial charge in [0.25, 0.3) is 5.91 Å². The van der Waals surface area contributed by atoms with Crippen LogP contribution in [0, 0.1) is 0 Å². The minimum Gasteiger partial charge on any atom is -0.348 e. The van der Waals surface area contributed by atoms with Gasteiger partial charge in [-0.15, -0.1) is 0 Å². The first-order valence-electron chi connectivity index (χ1n) is 5.89. The maximum atomic E-state index is 11.9. The number of nitrogens with one attached hydrogen (secondary N) is 2. The van der Waals surface area contributed by atoms with Crippen LogP contribution in [0.15, 0.2) is 18.3 Å². The molecule has 1 aromatic heterocycles. The van der Waals surface area contributed by atoms with Gasteiger partial charge in [-0.05, 0) is 44.5 Å². The van der Waals surface area contributed by atoms with Gasteiger partial charge in [0.05, 0.1) is 5.02 Å². The van der Waals surface area contributed by atoms with E-state index in [4.69, 9.17) is 11.6 Å². The molecule has 0 radical (unpaired) electrons. The van der Waals surface area contributed by atoms with E-state index in [0.717, 1.165) is 32.4 Å². The van der Waals surface area contributed by atoms with Crippen molar-refractivity contribution in [1.29, 1.82) is 0 Å². The predicted octanol–water partition coefficient (Wildman–Crippen LogP) is 1.61. The lowest BCUT2D eigenvalue weighted by Gasteiger charge is -2.15. The van der Waals surface area contributed by atoms with Gasteiger partial charge in [0.15, 0.2) is 0 Å². The molecule has 0 aromatic carbocycles. The van der Waals surface area contributed by atoms with Crippen molar-refractivity contribution in [2.75, 3.05) is 13.1 Å². The van der Waals surface area contributed by atoms with Gasteiger partial charge in [-0.3, -0.25) is 4.79 Å². The Hall–Kier alpha value is -1.13. The molecule has 1 aliphatic heterocycles. The highest BCUT2D eigenvalue weighted by atomic mass is 35.5. The molecular weight excluding hydrogens is 238 g/mol. The van der Waals surface area contributed by atoms with Crippen molar-refractivity contribution in [2.45, 2.75) is 25.3 Å². The van der Waals surface area contributed by atoms with Gasteiger partial charge < -0.3 is 10.6 Å². The van der Waals surface area contributed by atoms with Gasteiger partial charge in [-0.2, -0.15) is 0 Å². The van der Waals surface area contributed by atoms with Crippen molar-refractivity contribution in [1.82, 2.24) is 15.6 Å². The minimum absolute atomic E-state index is 0.117. The molecule has 92 valence electrons. The molecule has 2 N–H and O–H groups in total. The zero-order valence-corrected chi connectivity index (χ0v) is 10.3. The molecule has 17 heavy (non-hydrogen) atoms. The smallest absolute Gasteiger partial charge is 0.270 e. The SMILES string of the molecule is O=C(NC1CCCNCC1)c1ccc(Cl)cn1. The number of carbonyl (C=O) groups is 1. The molecule has 1 unspecified atom stereocenters. The first-order valence-corrected chi connectivity index (χ1v) is 6.26. The summed E-state index contributed by atoms with van der Waals surface area (Å²) in [6.45, 7) is 1.99. The minimum atomic E-state index is -0.117. The molecule has 5 heteroatoms. The normalized spacial score (nSPS) is 20.6. The third-order valence-corrected chi connectivity index (χ3v) is 3.09. The number of amides is 1. The van der Waals surface area contributed by atoms with Crippen LogP contribution in [0.3, 0.4) is 0 Å². The van der Waals surface area contributed by atoms with E-state index in [-0.39, 0.29) is 11.9 Å². The summed E-state index contributed by atoms with van der Waals surface area (Å²) in [4.78, 5) is 15.9. The molecule has 1 aliphatic rings. The summed E-state index contributed by atoms with van der Waals surface area (Å²) in [5.74, 6) is -0.117. The monoisotopic (exact) mass is 253 g/mol. The molecule has 0 saturated carbocycles. The number of nitrogens with zero attached hydrogens (tertiary/aromatic N) is 1. The molecule has 1 amide bonds. The molecule has 0 spiro atoms. The maximum Gasteiger partial charge on any atom is 0.270 e. The summed E-state index contributed by atoms with van der Waals surface area (Å²) in [6, 6.07) is 3.57. The Balaban J connectivity index is 1.93. The number of hydrogen-bond acceptors (Lipinski definition) is 3. The van der Waals surface area contributed by atoms with E-state index in [1.807, 2.05) is 0 Å². The molecular formula is C12H16ClN3O. The number of halogens is 1. The lowest BCUT2D eigenvalue weighted by atomic mass is 10.1. The molecule has 1 saturated heterocycles. The Morgan fingerprint density at radius 2 is 2.29 bits per heavy atom. The van der Waals surface area contributed by atoms with Crippen LogP contribution in [0.5, 0.6) is 0 Å². The van der Waals surface area contributed by atoms with Gasteiger partial charge in [-0.25, -0.2) is 4.98 Å². The standard InChI is InChI=1S/C12H16ClN3O/c13-9-3-4-11(15-8-9)12(17)16-10-2-1-6-14-7-5-10/h3-4,8,10,14H,1-2,5-7H2,(H,16,17). The summed E-state index contributed by atoms with van der Waals surface area (Å²) < 4.78 is 0. The average molecular weight is 254 g/mol. The maximum absolute atomic E-state index is 11.9. The highest BCUT2D eigenvalue weighted by molar-refractivity contribution is 6.30. The number of hydrogen-bond donors (Lipinski definition) is 2. The predicted molar refractivity (Wildman–Crippen MR) is 67.2 cm³/mol.